The highest BCUT2D eigenvalue weighted by molar-refractivity contribution is 7.80. The Bertz CT molecular complexity index is 984. The molecule has 6 nitrogen and oxygen atoms in total. The highest BCUT2D eigenvalue weighted by Gasteiger charge is 2.33. The van der Waals surface area contributed by atoms with Crippen molar-refractivity contribution >= 4 is 34.7 Å². The van der Waals surface area contributed by atoms with E-state index in [-0.39, 0.29) is 23.8 Å². The summed E-state index contributed by atoms with van der Waals surface area (Å²) in [5.74, 6) is 0.818. The second kappa shape index (κ2) is 9.09. The van der Waals surface area contributed by atoms with Gasteiger partial charge in [-0.1, -0.05) is 26.0 Å². The van der Waals surface area contributed by atoms with E-state index >= 15 is 0 Å². The molecule has 2 heterocycles. The zero-order valence-electron chi connectivity index (χ0n) is 17.7. The number of carbonyl (C=O) groups excluding carboxylic acids is 1. The van der Waals surface area contributed by atoms with Crippen LogP contribution in [0.5, 0.6) is 5.75 Å². The maximum absolute atomic E-state index is 13.4. The van der Waals surface area contributed by atoms with Crippen LogP contribution in [0.1, 0.15) is 19.4 Å². The fourth-order valence-corrected chi connectivity index (χ4v) is 4.45. The number of hydrogen-bond donors (Lipinski definition) is 2. The van der Waals surface area contributed by atoms with Gasteiger partial charge in [-0.3, -0.25) is 0 Å². The van der Waals surface area contributed by atoms with E-state index in [9.17, 15) is 9.18 Å². The lowest BCUT2D eigenvalue weighted by Crippen LogP contribution is -2.59. The van der Waals surface area contributed by atoms with E-state index in [1.54, 1.807) is 17.0 Å². The molecule has 2 amide bonds. The molecule has 1 unspecified atom stereocenters. The minimum absolute atomic E-state index is 0.0695. The van der Waals surface area contributed by atoms with Gasteiger partial charge in [0.05, 0.1) is 12.6 Å². The van der Waals surface area contributed by atoms with Crippen LogP contribution in [0.2, 0.25) is 0 Å². The molecule has 0 aromatic heterocycles. The maximum atomic E-state index is 13.4. The summed E-state index contributed by atoms with van der Waals surface area (Å²) >= 11 is 5.76. The lowest BCUT2D eigenvalue weighted by Gasteiger charge is -2.44. The van der Waals surface area contributed by atoms with Crippen molar-refractivity contribution in [3.8, 4) is 5.75 Å². The molecule has 2 aromatic rings. The molecule has 2 aliphatic heterocycles. The number of benzene rings is 2. The van der Waals surface area contributed by atoms with Crippen molar-refractivity contribution < 1.29 is 13.9 Å². The van der Waals surface area contributed by atoms with E-state index in [1.165, 1.54) is 12.1 Å². The van der Waals surface area contributed by atoms with Crippen LogP contribution in [0, 0.1) is 11.7 Å². The number of amides is 2. The molecule has 8 heteroatoms. The molecule has 1 fully saturated rings. The van der Waals surface area contributed by atoms with E-state index < -0.39 is 0 Å². The number of hydrogen-bond acceptors (Lipinski definition) is 3. The molecule has 2 aliphatic rings. The fraction of sp³-hybridized carbons (Fsp3) is 0.391. The number of halogens is 1. The first kappa shape index (κ1) is 21.4. The Balaban J connectivity index is 1.43. The predicted molar refractivity (Wildman–Crippen MR) is 124 cm³/mol. The summed E-state index contributed by atoms with van der Waals surface area (Å²) < 4.78 is 19.1. The summed E-state index contributed by atoms with van der Waals surface area (Å²) in [5, 5.41) is 6.85. The van der Waals surface area contributed by atoms with Gasteiger partial charge in [-0.25, -0.2) is 9.18 Å². The lowest BCUT2D eigenvalue weighted by atomic mass is 10.00. The van der Waals surface area contributed by atoms with Crippen molar-refractivity contribution in [2.45, 2.75) is 26.3 Å². The molecule has 4 rings (SSSR count). The molecule has 0 bridgehead atoms. The number of thiocarbonyl (C=S) groups is 1. The van der Waals surface area contributed by atoms with E-state index in [0.29, 0.717) is 37.0 Å². The van der Waals surface area contributed by atoms with Crippen molar-refractivity contribution in [3.05, 3.63) is 53.8 Å². The Labute approximate surface area is 187 Å². The van der Waals surface area contributed by atoms with Crippen LogP contribution in [0.25, 0.3) is 0 Å². The smallest absolute Gasteiger partial charge is 0.321 e. The van der Waals surface area contributed by atoms with Gasteiger partial charge in [-0.05, 0) is 48.5 Å². The van der Waals surface area contributed by atoms with E-state index in [2.05, 4.69) is 29.4 Å². The molecule has 0 aliphatic carbocycles. The Morgan fingerprint density at radius 1 is 1.19 bits per heavy atom. The monoisotopic (exact) mass is 442 g/mol. The molecular formula is C23H27FN4O2S. The third kappa shape index (κ3) is 4.74. The molecule has 0 spiro atoms. The van der Waals surface area contributed by atoms with Gasteiger partial charge in [0.25, 0.3) is 0 Å². The first-order valence-corrected chi connectivity index (χ1v) is 11.0. The van der Waals surface area contributed by atoms with Crippen LogP contribution >= 0.6 is 12.2 Å². The predicted octanol–water partition coefficient (Wildman–Crippen LogP) is 4.33. The Hall–Kier alpha value is -2.87. The van der Waals surface area contributed by atoms with Crippen LogP contribution in [0.3, 0.4) is 0 Å². The van der Waals surface area contributed by atoms with Crippen molar-refractivity contribution in [1.82, 2.24) is 9.80 Å². The number of urea groups is 1. The second-order valence-corrected chi connectivity index (χ2v) is 8.59. The highest BCUT2D eigenvalue weighted by Crippen LogP contribution is 2.32. The van der Waals surface area contributed by atoms with Gasteiger partial charge in [0.15, 0.2) is 5.11 Å². The normalized spacial score (nSPS) is 17.9. The summed E-state index contributed by atoms with van der Waals surface area (Å²) in [6, 6.07) is 11.7. The molecule has 1 saturated heterocycles. The van der Waals surface area contributed by atoms with Crippen molar-refractivity contribution in [2.24, 2.45) is 5.92 Å². The van der Waals surface area contributed by atoms with Gasteiger partial charge in [0.1, 0.15) is 11.6 Å². The van der Waals surface area contributed by atoms with Crippen LogP contribution < -0.4 is 15.4 Å². The molecule has 31 heavy (non-hydrogen) atoms. The number of anilines is 2. The van der Waals surface area contributed by atoms with Crippen LogP contribution in [0.4, 0.5) is 20.6 Å². The molecule has 2 aromatic carbocycles. The Morgan fingerprint density at radius 2 is 2.00 bits per heavy atom. The standard InChI is InChI=1S/C23H27FN4O2S/c1-15(2)20-14-27(22(29)25-17-6-3-5-16(24)13-17)10-11-28(20)23(31)26-19-7-4-8-21-18(19)9-12-30-21/h3-8,13,15,20H,9-12,14H2,1-2H3,(H,25,29)(H,26,31). The van der Waals surface area contributed by atoms with Crippen LogP contribution in [-0.4, -0.2) is 53.2 Å². The van der Waals surface area contributed by atoms with Crippen molar-refractivity contribution in [2.75, 3.05) is 36.9 Å². The second-order valence-electron chi connectivity index (χ2n) is 8.20. The summed E-state index contributed by atoms with van der Waals surface area (Å²) in [6.07, 6.45) is 0.864. The summed E-state index contributed by atoms with van der Waals surface area (Å²) in [5.41, 5.74) is 2.58. The maximum Gasteiger partial charge on any atom is 0.321 e. The van der Waals surface area contributed by atoms with Crippen LogP contribution in [-0.2, 0) is 6.42 Å². The summed E-state index contributed by atoms with van der Waals surface area (Å²) in [6.45, 7) is 6.63. The SMILES string of the molecule is CC(C)C1CN(C(=O)Nc2cccc(F)c2)CCN1C(=S)Nc1cccc2c1CCO2. The molecular weight excluding hydrogens is 415 g/mol. The molecule has 0 radical (unpaired) electrons. The number of fused-ring (bicyclic) bond motifs is 1. The van der Waals surface area contributed by atoms with Gasteiger partial charge in [0.2, 0.25) is 0 Å². The first-order chi connectivity index (χ1) is 14.9. The zero-order chi connectivity index (χ0) is 22.0. The topological polar surface area (TPSA) is 56.8 Å². The minimum atomic E-state index is -0.378. The van der Waals surface area contributed by atoms with E-state index in [1.807, 2.05) is 18.2 Å². The number of ether oxygens (including phenoxy) is 1. The van der Waals surface area contributed by atoms with Crippen molar-refractivity contribution in [3.63, 3.8) is 0 Å². The van der Waals surface area contributed by atoms with Gasteiger partial charge >= 0.3 is 6.03 Å². The summed E-state index contributed by atoms with van der Waals surface area (Å²) in [7, 11) is 0. The average Bonchev–Trinajstić information content (AvgIpc) is 3.23. The van der Waals surface area contributed by atoms with Gasteiger partial charge < -0.3 is 25.2 Å². The third-order valence-corrected chi connectivity index (χ3v) is 6.13. The number of nitrogens with one attached hydrogen (secondary N) is 2. The quantitative estimate of drug-likeness (QED) is 0.693. The first-order valence-electron chi connectivity index (χ1n) is 10.6. The summed E-state index contributed by atoms with van der Waals surface area (Å²) in [4.78, 5) is 16.7. The molecule has 0 saturated carbocycles. The molecule has 2 N–H and O–H groups in total. The number of rotatable bonds is 3. The van der Waals surface area contributed by atoms with Gasteiger partial charge in [-0.15, -0.1) is 0 Å². The molecule has 1 atom stereocenters. The minimum Gasteiger partial charge on any atom is -0.493 e. The number of piperazine rings is 1. The molecule has 164 valence electrons. The largest absolute Gasteiger partial charge is 0.493 e. The van der Waals surface area contributed by atoms with E-state index in [4.69, 9.17) is 17.0 Å². The average molecular weight is 443 g/mol. The van der Waals surface area contributed by atoms with Crippen LogP contribution in [0.15, 0.2) is 42.5 Å². The van der Waals surface area contributed by atoms with Gasteiger partial charge in [0, 0.05) is 43.0 Å². The lowest BCUT2D eigenvalue weighted by molar-refractivity contribution is 0.122. The zero-order valence-corrected chi connectivity index (χ0v) is 18.5. The third-order valence-electron chi connectivity index (χ3n) is 5.80. The Morgan fingerprint density at radius 3 is 2.77 bits per heavy atom. The van der Waals surface area contributed by atoms with Gasteiger partial charge in [-0.2, -0.15) is 0 Å². The van der Waals surface area contributed by atoms with Crippen molar-refractivity contribution in [1.29, 1.82) is 0 Å². The number of carbonyl (C=O) groups is 1. The number of nitrogens with zero attached hydrogens (tertiary/aromatic N) is 2. The highest BCUT2D eigenvalue weighted by atomic mass is 32.1. The Kier molecular flexibility index (Phi) is 6.27. The van der Waals surface area contributed by atoms with E-state index in [0.717, 1.165) is 23.4 Å². The fourth-order valence-electron chi connectivity index (χ4n) is 4.11.